The smallest absolute Gasteiger partial charge is 0.341 e. The van der Waals surface area contributed by atoms with Gasteiger partial charge in [-0.05, 0) is 12.1 Å². The highest BCUT2D eigenvalue weighted by molar-refractivity contribution is 5.91. The Labute approximate surface area is 111 Å². The minimum Gasteiger partial charge on any atom is -0.480 e. The summed E-state index contributed by atoms with van der Waals surface area (Å²) in [6.07, 6.45) is 5.11. The second-order valence-electron chi connectivity index (χ2n) is 3.67. The molecule has 6 nitrogen and oxygen atoms in total. The summed E-state index contributed by atoms with van der Waals surface area (Å²) >= 11 is 0. The molecule has 0 bridgehead atoms. The van der Waals surface area contributed by atoms with Gasteiger partial charge in [0, 0.05) is 7.05 Å². The van der Waals surface area contributed by atoms with Crippen LogP contribution >= 0.6 is 0 Å². The molecule has 0 aliphatic rings. The highest BCUT2D eigenvalue weighted by atomic mass is 16.5. The first kappa shape index (κ1) is 14.4. The number of hydrogen-bond donors (Lipinski definition) is 2. The molecule has 0 unspecified atom stereocenters. The number of amides is 2. The van der Waals surface area contributed by atoms with Crippen molar-refractivity contribution in [1.82, 2.24) is 4.90 Å². The van der Waals surface area contributed by atoms with E-state index in [2.05, 4.69) is 11.2 Å². The summed E-state index contributed by atoms with van der Waals surface area (Å²) in [5.41, 5.74) is 0.387. The third kappa shape index (κ3) is 4.60. The molecule has 0 atom stereocenters. The Morgan fingerprint density at radius 3 is 2.79 bits per heavy atom. The average molecular weight is 262 g/mol. The van der Waals surface area contributed by atoms with Crippen molar-refractivity contribution in [1.29, 1.82) is 0 Å². The van der Waals surface area contributed by atoms with E-state index < -0.39 is 18.6 Å². The summed E-state index contributed by atoms with van der Waals surface area (Å²) < 4.78 is 5.07. The number of para-hydroxylation sites is 2. The van der Waals surface area contributed by atoms with Gasteiger partial charge in [-0.25, -0.2) is 9.59 Å². The molecule has 100 valence electrons. The van der Waals surface area contributed by atoms with Crippen LogP contribution in [0.15, 0.2) is 24.3 Å². The fraction of sp³-hybridized carbons (Fsp3) is 0.231. The Morgan fingerprint density at radius 2 is 2.16 bits per heavy atom. The predicted octanol–water partition coefficient (Wildman–Crippen LogP) is 1.25. The lowest BCUT2D eigenvalue weighted by atomic mass is 10.3. The fourth-order valence-electron chi connectivity index (χ4n) is 1.25. The van der Waals surface area contributed by atoms with Crippen LogP contribution in [0.1, 0.15) is 0 Å². The molecule has 0 fully saturated rings. The maximum Gasteiger partial charge on any atom is 0.341 e. The molecule has 0 saturated carbocycles. The molecule has 0 spiro atoms. The molecule has 0 aromatic heterocycles. The van der Waals surface area contributed by atoms with Gasteiger partial charge in [0.25, 0.3) is 0 Å². The predicted molar refractivity (Wildman–Crippen MR) is 70.1 cm³/mol. The number of anilines is 1. The van der Waals surface area contributed by atoms with Crippen LogP contribution in [0.3, 0.4) is 0 Å². The number of urea groups is 1. The molecule has 0 saturated heterocycles. The summed E-state index contributed by atoms with van der Waals surface area (Å²) in [5.74, 6) is 1.54. The van der Waals surface area contributed by atoms with E-state index >= 15 is 0 Å². The lowest BCUT2D eigenvalue weighted by Crippen LogP contribution is -2.31. The molecule has 1 rings (SSSR count). The Morgan fingerprint density at radius 1 is 1.47 bits per heavy atom. The van der Waals surface area contributed by atoms with Crippen LogP contribution in [0.2, 0.25) is 0 Å². The Kier molecular flexibility index (Phi) is 5.23. The van der Waals surface area contributed by atoms with Gasteiger partial charge in [0.1, 0.15) is 5.75 Å². The maximum atomic E-state index is 11.7. The summed E-state index contributed by atoms with van der Waals surface area (Å²) in [7, 11) is 1.55. The van der Waals surface area contributed by atoms with E-state index in [1.54, 1.807) is 31.3 Å². The van der Waals surface area contributed by atoms with Crippen molar-refractivity contribution in [3.05, 3.63) is 24.3 Å². The van der Waals surface area contributed by atoms with Crippen LogP contribution in [0.25, 0.3) is 0 Å². The van der Waals surface area contributed by atoms with Crippen molar-refractivity contribution < 1.29 is 19.4 Å². The topological polar surface area (TPSA) is 78.9 Å². The lowest BCUT2D eigenvalue weighted by Gasteiger charge is -2.16. The zero-order valence-corrected chi connectivity index (χ0v) is 10.4. The van der Waals surface area contributed by atoms with E-state index in [0.717, 1.165) is 0 Å². The first-order valence-electron chi connectivity index (χ1n) is 5.43. The Hall–Kier alpha value is -2.68. The summed E-state index contributed by atoms with van der Waals surface area (Å²) in [4.78, 5) is 23.5. The molecule has 2 amide bonds. The number of ether oxygens (including phenoxy) is 1. The van der Waals surface area contributed by atoms with Crippen molar-refractivity contribution in [3.8, 4) is 18.1 Å². The van der Waals surface area contributed by atoms with Crippen molar-refractivity contribution in [2.75, 3.05) is 25.5 Å². The monoisotopic (exact) mass is 262 g/mol. The van der Waals surface area contributed by atoms with Crippen LogP contribution in [0.4, 0.5) is 10.5 Å². The Bertz CT molecular complexity index is 508. The number of carboxylic acids is 1. The van der Waals surface area contributed by atoms with Gasteiger partial charge in [0.2, 0.25) is 0 Å². The van der Waals surface area contributed by atoms with Crippen molar-refractivity contribution in [2.45, 2.75) is 0 Å². The van der Waals surface area contributed by atoms with Crippen LogP contribution in [-0.2, 0) is 4.79 Å². The summed E-state index contributed by atoms with van der Waals surface area (Å²) in [6.45, 7) is -0.308. The van der Waals surface area contributed by atoms with Gasteiger partial charge >= 0.3 is 12.0 Å². The quantitative estimate of drug-likeness (QED) is 0.783. The number of hydrogen-bond acceptors (Lipinski definition) is 3. The van der Waals surface area contributed by atoms with Crippen LogP contribution in [-0.4, -0.2) is 42.2 Å². The zero-order valence-electron chi connectivity index (χ0n) is 10.4. The van der Waals surface area contributed by atoms with Gasteiger partial charge in [-0.1, -0.05) is 18.1 Å². The number of rotatable bonds is 5. The van der Waals surface area contributed by atoms with Crippen LogP contribution in [0.5, 0.6) is 5.75 Å². The van der Waals surface area contributed by atoms with Gasteiger partial charge in [-0.3, -0.25) is 0 Å². The van der Waals surface area contributed by atoms with Gasteiger partial charge in [-0.2, -0.15) is 0 Å². The number of carbonyl (C=O) groups is 2. The highest BCUT2D eigenvalue weighted by Gasteiger charge is 2.11. The second kappa shape index (κ2) is 6.91. The Balaban J connectivity index is 2.75. The largest absolute Gasteiger partial charge is 0.480 e. The number of benzene rings is 1. The molecule has 19 heavy (non-hydrogen) atoms. The summed E-state index contributed by atoms with van der Waals surface area (Å²) in [6, 6.07) is 6.16. The van der Waals surface area contributed by atoms with E-state index in [-0.39, 0.29) is 12.3 Å². The molecule has 1 aromatic rings. The average Bonchev–Trinajstić information content (AvgIpc) is 2.37. The number of carbonyl (C=O) groups excluding carboxylic acids is 1. The molecular formula is C13H14N2O4. The molecule has 0 radical (unpaired) electrons. The van der Waals surface area contributed by atoms with E-state index in [1.807, 2.05) is 0 Å². The van der Waals surface area contributed by atoms with Gasteiger partial charge < -0.3 is 20.1 Å². The first-order valence-corrected chi connectivity index (χ1v) is 5.43. The molecule has 2 N–H and O–H groups in total. The first-order chi connectivity index (χ1) is 9.04. The third-order valence-corrected chi connectivity index (χ3v) is 2.15. The second-order valence-corrected chi connectivity index (χ2v) is 3.67. The normalized spacial score (nSPS) is 9.26. The van der Waals surface area contributed by atoms with Gasteiger partial charge in [0.05, 0.1) is 12.2 Å². The standard InChI is InChI=1S/C13H14N2O4/c1-3-8-15(2)13(18)14-10-6-4-5-7-11(10)19-9-12(16)17/h1,4-7H,8-9H2,2H3,(H,14,18)(H,16,17). The SMILES string of the molecule is C#CCN(C)C(=O)Nc1ccccc1OCC(=O)O. The third-order valence-electron chi connectivity index (χ3n) is 2.15. The number of carboxylic acid groups (broad SMARTS) is 1. The molecule has 0 heterocycles. The van der Waals surface area contributed by atoms with Gasteiger partial charge in [-0.15, -0.1) is 6.42 Å². The van der Waals surface area contributed by atoms with Gasteiger partial charge in [0.15, 0.2) is 6.61 Å². The van der Waals surface area contributed by atoms with Crippen molar-refractivity contribution in [2.24, 2.45) is 0 Å². The van der Waals surface area contributed by atoms with E-state index in [1.165, 1.54) is 4.90 Å². The number of nitrogens with one attached hydrogen (secondary N) is 1. The van der Waals surface area contributed by atoms with E-state index in [0.29, 0.717) is 5.69 Å². The summed E-state index contributed by atoms with van der Waals surface area (Å²) in [5, 5.41) is 11.2. The molecule has 6 heteroatoms. The van der Waals surface area contributed by atoms with E-state index in [4.69, 9.17) is 16.3 Å². The van der Waals surface area contributed by atoms with E-state index in [9.17, 15) is 9.59 Å². The molecule has 0 aliphatic carbocycles. The van der Waals surface area contributed by atoms with Crippen molar-refractivity contribution in [3.63, 3.8) is 0 Å². The van der Waals surface area contributed by atoms with Crippen molar-refractivity contribution >= 4 is 17.7 Å². The molecule has 1 aromatic carbocycles. The number of aliphatic carboxylic acids is 1. The minimum absolute atomic E-state index is 0.171. The number of terminal acetylenes is 1. The highest BCUT2D eigenvalue weighted by Crippen LogP contribution is 2.23. The molecule has 0 aliphatic heterocycles. The lowest BCUT2D eigenvalue weighted by molar-refractivity contribution is -0.139. The minimum atomic E-state index is -1.09. The maximum absolute atomic E-state index is 11.7. The zero-order chi connectivity index (χ0) is 14.3. The van der Waals surface area contributed by atoms with Crippen LogP contribution < -0.4 is 10.1 Å². The number of nitrogens with zero attached hydrogens (tertiary/aromatic N) is 1. The molecular weight excluding hydrogens is 248 g/mol. The van der Waals surface area contributed by atoms with Crippen LogP contribution in [0, 0.1) is 12.3 Å². The fourth-order valence-corrected chi connectivity index (χ4v) is 1.25.